The van der Waals surface area contributed by atoms with E-state index < -0.39 is 0 Å². The van der Waals surface area contributed by atoms with Gasteiger partial charge in [-0.05, 0) is 19.3 Å². The molecule has 0 saturated carbocycles. The summed E-state index contributed by atoms with van der Waals surface area (Å²) in [6.45, 7) is 2.86. The van der Waals surface area contributed by atoms with Crippen molar-refractivity contribution in [2.45, 2.75) is 38.6 Å². The quantitative estimate of drug-likeness (QED) is 0.516. The third-order valence-electron chi connectivity index (χ3n) is 3.41. The minimum Gasteiger partial charge on any atom is -0.368 e. The van der Waals surface area contributed by atoms with Crippen molar-refractivity contribution >= 4 is 17.5 Å². The zero-order valence-corrected chi connectivity index (χ0v) is 11.1. The normalized spacial score (nSPS) is 18.6. The number of carbonyl (C=O) groups is 1. The molecule has 1 aromatic heterocycles. The van der Waals surface area contributed by atoms with Gasteiger partial charge in [-0.25, -0.2) is 15.8 Å². The van der Waals surface area contributed by atoms with Gasteiger partial charge in [0.25, 0.3) is 0 Å². The molecular weight excluding hydrogens is 244 g/mol. The SMILES string of the molecule is CCCc1c(NN)ncnc1N1CCCC1C(N)=O. The zero-order valence-electron chi connectivity index (χ0n) is 11.1. The average molecular weight is 264 g/mol. The van der Waals surface area contributed by atoms with E-state index in [0.29, 0.717) is 5.82 Å². The lowest BCUT2D eigenvalue weighted by Crippen LogP contribution is -2.41. The van der Waals surface area contributed by atoms with Crippen molar-refractivity contribution in [2.24, 2.45) is 11.6 Å². The van der Waals surface area contributed by atoms with Gasteiger partial charge < -0.3 is 16.1 Å². The van der Waals surface area contributed by atoms with Gasteiger partial charge >= 0.3 is 0 Å². The molecule has 1 saturated heterocycles. The van der Waals surface area contributed by atoms with Crippen molar-refractivity contribution < 1.29 is 4.79 Å². The number of primary amides is 1. The number of nitrogen functional groups attached to an aromatic ring is 1. The number of hydrazine groups is 1. The number of rotatable bonds is 5. The Hall–Kier alpha value is -1.89. The molecule has 2 rings (SSSR count). The van der Waals surface area contributed by atoms with Gasteiger partial charge in [0.1, 0.15) is 24.0 Å². The molecule has 1 aliphatic heterocycles. The van der Waals surface area contributed by atoms with Crippen LogP contribution in [-0.2, 0) is 11.2 Å². The van der Waals surface area contributed by atoms with E-state index in [1.807, 2.05) is 4.90 Å². The Kier molecular flexibility index (Phi) is 4.16. The number of amides is 1. The van der Waals surface area contributed by atoms with E-state index in [4.69, 9.17) is 11.6 Å². The van der Waals surface area contributed by atoms with E-state index in [-0.39, 0.29) is 11.9 Å². The Morgan fingerprint density at radius 3 is 3.00 bits per heavy atom. The standard InChI is InChI=1S/C12H20N6O/c1-2-4-8-11(17-14)15-7-16-12(8)18-6-3-5-9(18)10(13)19/h7,9H,2-6,14H2,1H3,(H2,13,19)(H,15,16,17). The summed E-state index contributed by atoms with van der Waals surface area (Å²) in [5, 5.41) is 0. The van der Waals surface area contributed by atoms with Crippen LogP contribution < -0.4 is 21.9 Å². The lowest BCUT2D eigenvalue weighted by molar-refractivity contribution is -0.119. The van der Waals surface area contributed by atoms with E-state index in [0.717, 1.165) is 43.6 Å². The van der Waals surface area contributed by atoms with Crippen LogP contribution in [0.2, 0.25) is 0 Å². The smallest absolute Gasteiger partial charge is 0.240 e. The number of anilines is 2. The van der Waals surface area contributed by atoms with E-state index >= 15 is 0 Å². The summed E-state index contributed by atoms with van der Waals surface area (Å²) in [5.41, 5.74) is 9.00. The van der Waals surface area contributed by atoms with Crippen LogP contribution in [0.4, 0.5) is 11.6 Å². The summed E-state index contributed by atoms with van der Waals surface area (Å²) < 4.78 is 0. The zero-order chi connectivity index (χ0) is 13.8. The van der Waals surface area contributed by atoms with Gasteiger partial charge in [0.15, 0.2) is 0 Å². The minimum atomic E-state index is -0.305. The molecule has 1 aliphatic rings. The molecule has 0 bridgehead atoms. The maximum absolute atomic E-state index is 11.5. The van der Waals surface area contributed by atoms with Crippen LogP contribution >= 0.6 is 0 Å². The first-order chi connectivity index (χ1) is 9.19. The molecule has 1 fully saturated rings. The highest BCUT2D eigenvalue weighted by molar-refractivity contribution is 5.84. The summed E-state index contributed by atoms with van der Waals surface area (Å²) in [6.07, 6.45) is 4.92. The molecule has 0 radical (unpaired) electrons. The Bertz CT molecular complexity index is 464. The van der Waals surface area contributed by atoms with E-state index in [2.05, 4.69) is 22.3 Å². The lowest BCUT2D eigenvalue weighted by Gasteiger charge is -2.26. The van der Waals surface area contributed by atoms with Gasteiger partial charge in [-0.2, -0.15) is 0 Å². The van der Waals surface area contributed by atoms with Gasteiger partial charge in [0.05, 0.1) is 0 Å². The van der Waals surface area contributed by atoms with Crippen LogP contribution in [-0.4, -0.2) is 28.5 Å². The van der Waals surface area contributed by atoms with Gasteiger partial charge in [-0.15, -0.1) is 0 Å². The highest BCUT2D eigenvalue weighted by Gasteiger charge is 2.31. The monoisotopic (exact) mass is 264 g/mol. The Morgan fingerprint density at radius 1 is 1.58 bits per heavy atom. The van der Waals surface area contributed by atoms with Crippen molar-refractivity contribution in [3.63, 3.8) is 0 Å². The van der Waals surface area contributed by atoms with Crippen molar-refractivity contribution in [1.29, 1.82) is 0 Å². The third-order valence-corrected chi connectivity index (χ3v) is 3.41. The number of hydrogen-bond acceptors (Lipinski definition) is 6. The van der Waals surface area contributed by atoms with E-state index in [1.165, 1.54) is 6.33 Å². The van der Waals surface area contributed by atoms with Crippen LogP contribution in [0.5, 0.6) is 0 Å². The van der Waals surface area contributed by atoms with E-state index in [1.54, 1.807) is 0 Å². The molecule has 104 valence electrons. The molecule has 1 unspecified atom stereocenters. The fourth-order valence-corrected chi connectivity index (χ4v) is 2.57. The van der Waals surface area contributed by atoms with Crippen molar-refractivity contribution in [1.82, 2.24) is 9.97 Å². The van der Waals surface area contributed by atoms with Crippen LogP contribution in [0, 0.1) is 0 Å². The molecule has 5 N–H and O–H groups in total. The molecule has 7 heteroatoms. The first kappa shape index (κ1) is 13.5. The second kappa shape index (κ2) is 5.83. The van der Waals surface area contributed by atoms with Gasteiger partial charge in [0, 0.05) is 12.1 Å². The van der Waals surface area contributed by atoms with Gasteiger partial charge in [0.2, 0.25) is 5.91 Å². The summed E-state index contributed by atoms with van der Waals surface area (Å²) in [5.74, 6) is 6.57. The summed E-state index contributed by atoms with van der Waals surface area (Å²) in [4.78, 5) is 21.9. The molecule has 19 heavy (non-hydrogen) atoms. The first-order valence-corrected chi connectivity index (χ1v) is 6.55. The van der Waals surface area contributed by atoms with Gasteiger partial charge in [-0.3, -0.25) is 4.79 Å². The predicted molar refractivity (Wildman–Crippen MR) is 73.4 cm³/mol. The van der Waals surface area contributed by atoms with E-state index in [9.17, 15) is 4.79 Å². The molecule has 1 aromatic rings. The molecule has 1 amide bonds. The van der Waals surface area contributed by atoms with Crippen LogP contribution in [0.3, 0.4) is 0 Å². The molecule has 2 heterocycles. The maximum Gasteiger partial charge on any atom is 0.240 e. The average Bonchev–Trinajstić information content (AvgIpc) is 2.88. The van der Waals surface area contributed by atoms with Gasteiger partial charge in [-0.1, -0.05) is 13.3 Å². The molecule has 0 spiro atoms. The number of carbonyl (C=O) groups excluding carboxylic acids is 1. The van der Waals surface area contributed by atoms with Crippen LogP contribution in [0.15, 0.2) is 6.33 Å². The molecular formula is C12H20N6O. The molecule has 0 aromatic carbocycles. The fourth-order valence-electron chi connectivity index (χ4n) is 2.57. The Balaban J connectivity index is 2.40. The summed E-state index contributed by atoms with van der Waals surface area (Å²) >= 11 is 0. The topological polar surface area (TPSA) is 110 Å². The number of aromatic nitrogens is 2. The first-order valence-electron chi connectivity index (χ1n) is 6.55. The fraction of sp³-hybridized carbons (Fsp3) is 0.583. The lowest BCUT2D eigenvalue weighted by atomic mass is 10.1. The maximum atomic E-state index is 11.5. The predicted octanol–water partition coefficient (Wildman–Crippen LogP) is 0.169. The van der Waals surface area contributed by atoms with Crippen molar-refractivity contribution in [3.8, 4) is 0 Å². The number of hydrogen-bond donors (Lipinski definition) is 3. The number of nitrogens with two attached hydrogens (primary N) is 2. The number of nitrogens with zero attached hydrogens (tertiary/aromatic N) is 3. The second-order valence-corrected chi connectivity index (χ2v) is 4.67. The van der Waals surface area contributed by atoms with Crippen LogP contribution in [0.1, 0.15) is 31.7 Å². The Labute approximate surface area is 112 Å². The minimum absolute atomic E-state index is 0.281. The molecule has 7 nitrogen and oxygen atoms in total. The van der Waals surface area contributed by atoms with Crippen molar-refractivity contribution in [3.05, 3.63) is 11.9 Å². The summed E-state index contributed by atoms with van der Waals surface area (Å²) in [7, 11) is 0. The third kappa shape index (κ3) is 2.60. The molecule has 1 atom stereocenters. The largest absolute Gasteiger partial charge is 0.368 e. The van der Waals surface area contributed by atoms with Crippen molar-refractivity contribution in [2.75, 3.05) is 16.9 Å². The Morgan fingerprint density at radius 2 is 2.37 bits per heavy atom. The molecule has 0 aliphatic carbocycles. The number of nitrogens with one attached hydrogen (secondary N) is 1. The summed E-state index contributed by atoms with van der Waals surface area (Å²) in [6, 6.07) is -0.281. The highest BCUT2D eigenvalue weighted by atomic mass is 16.1. The second-order valence-electron chi connectivity index (χ2n) is 4.67. The van der Waals surface area contributed by atoms with Crippen LogP contribution in [0.25, 0.3) is 0 Å². The highest BCUT2D eigenvalue weighted by Crippen LogP contribution is 2.30.